The Morgan fingerprint density at radius 1 is 0.840 bits per heavy atom. The van der Waals surface area contributed by atoms with Gasteiger partial charge in [0.25, 0.3) is 0 Å². The molecule has 2 amide bonds. The first-order chi connectivity index (χ1) is 11.5. The zero-order chi connectivity index (χ0) is 18.5. The topological polar surface area (TPSA) is 37.4 Å². The van der Waals surface area contributed by atoms with Crippen molar-refractivity contribution in [3.8, 4) is 0 Å². The standard InChI is InChI=1S/C15H6BrCl6NO2/c16-5-1-3-6(4-2-5)23-11(24)7-8(12(23)25)14(20)10(18)9(17)13(7,19)15(14,21)22/h1-4,7-8H. The molecule has 0 spiro atoms. The molecule has 0 radical (unpaired) electrons. The molecule has 1 saturated heterocycles. The molecule has 3 nitrogen and oxygen atoms in total. The van der Waals surface area contributed by atoms with Crippen molar-refractivity contribution in [2.75, 3.05) is 4.90 Å². The van der Waals surface area contributed by atoms with Crippen LogP contribution in [-0.2, 0) is 9.59 Å². The molecule has 0 aromatic heterocycles. The number of rotatable bonds is 1. The third kappa shape index (κ3) is 1.88. The fourth-order valence-corrected chi connectivity index (χ4v) is 7.03. The number of allylic oxidation sites excluding steroid dienone is 2. The summed E-state index contributed by atoms with van der Waals surface area (Å²) in [6, 6.07) is 6.65. The van der Waals surface area contributed by atoms with E-state index in [9.17, 15) is 9.59 Å². The number of imide groups is 1. The minimum absolute atomic E-state index is 0.101. The molecule has 25 heavy (non-hydrogen) atoms. The second kappa shape index (κ2) is 5.44. The molecule has 1 heterocycles. The van der Waals surface area contributed by atoms with Crippen molar-refractivity contribution in [3.63, 3.8) is 0 Å². The summed E-state index contributed by atoms with van der Waals surface area (Å²) >= 11 is 41.9. The quantitative estimate of drug-likeness (QED) is 0.364. The van der Waals surface area contributed by atoms with E-state index in [1.165, 1.54) is 0 Å². The SMILES string of the molecule is O=C1C2C(C(=O)N1c1ccc(Br)cc1)C1(Cl)C(Cl)=C(Cl)C2(Cl)C1(Cl)Cl. The van der Waals surface area contributed by atoms with Crippen LogP contribution in [0.5, 0.6) is 0 Å². The normalized spacial score (nSPS) is 38.8. The first kappa shape index (κ1) is 18.7. The molecule has 0 N–H and O–H groups in total. The van der Waals surface area contributed by atoms with Crippen molar-refractivity contribution in [1.29, 1.82) is 0 Å². The van der Waals surface area contributed by atoms with Crippen LogP contribution in [0.2, 0.25) is 0 Å². The van der Waals surface area contributed by atoms with Crippen molar-refractivity contribution in [2.45, 2.75) is 14.1 Å². The summed E-state index contributed by atoms with van der Waals surface area (Å²) in [6.45, 7) is 0. The van der Waals surface area contributed by atoms with Gasteiger partial charge in [-0.2, -0.15) is 0 Å². The highest BCUT2D eigenvalue weighted by molar-refractivity contribution is 9.10. The number of halogens is 7. The van der Waals surface area contributed by atoms with Crippen molar-refractivity contribution >= 4 is 103 Å². The van der Waals surface area contributed by atoms with Crippen LogP contribution in [0.3, 0.4) is 0 Å². The highest BCUT2D eigenvalue weighted by atomic mass is 79.9. The Labute approximate surface area is 181 Å². The molecule has 4 unspecified atom stereocenters. The Hall–Kier alpha value is 0.320. The Balaban J connectivity index is 1.90. The Morgan fingerprint density at radius 2 is 1.24 bits per heavy atom. The maximum atomic E-state index is 13.1. The summed E-state index contributed by atoms with van der Waals surface area (Å²) < 4.78 is -1.12. The lowest BCUT2D eigenvalue weighted by Gasteiger charge is -2.34. The number of carbonyl (C=O) groups excluding carboxylic acids is 2. The largest absolute Gasteiger partial charge is 0.274 e. The number of carbonyl (C=O) groups is 2. The van der Waals surface area contributed by atoms with E-state index in [4.69, 9.17) is 69.6 Å². The summed E-state index contributed by atoms with van der Waals surface area (Å²) in [4.78, 5) is 23.6. The molecule has 2 bridgehead atoms. The first-order valence-corrected chi connectivity index (χ1v) is 10.0. The average Bonchev–Trinajstić information content (AvgIpc) is 2.94. The van der Waals surface area contributed by atoms with Crippen molar-refractivity contribution in [2.24, 2.45) is 11.8 Å². The number of fused-ring (bicyclic) bond motifs is 5. The van der Waals surface area contributed by atoms with Crippen LogP contribution in [0.4, 0.5) is 5.69 Å². The maximum absolute atomic E-state index is 13.1. The van der Waals surface area contributed by atoms with E-state index >= 15 is 0 Å². The number of amides is 2. The second-order valence-corrected chi connectivity index (χ2v) is 10.3. The van der Waals surface area contributed by atoms with Crippen LogP contribution < -0.4 is 4.90 Å². The smallest absolute Gasteiger partial charge is 0.240 e. The Kier molecular flexibility index (Phi) is 4.06. The summed E-state index contributed by atoms with van der Waals surface area (Å²) in [6.07, 6.45) is 0. The monoisotopic (exact) mass is 521 g/mol. The lowest BCUT2D eigenvalue weighted by atomic mass is 9.84. The molecule has 132 valence electrons. The number of benzene rings is 1. The Bertz CT molecular complexity index is 825. The van der Waals surface area contributed by atoms with Crippen LogP contribution in [0.25, 0.3) is 0 Å². The van der Waals surface area contributed by atoms with Crippen LogP contribution in [-0.4, -0.2) is 25.9 Å². The van der Waals surface area contributed by atoms with E-state index in [1.807, 2.05) is 0 Å². The number of hydrogen-bond donors (Lipinski definition) is 0. The molecular weight excluding hydrogens is 519 g/mol. The van der Waals surface area contributed by atoms with Gasteiger partial charge in [0.2, 0.25) is 11.8 Å². The Morgan fingerprint density at radius 3 is 1.64 bits per heavy atom. The van der Waals surface area contributed by atoms with Gasteiger partial charge in [0, 0.05) is 4.47 Å². The van der Waals surface area contributed by atoms with Gasteiger partial charge in [-0.15, -0.1) is 23.2 Å². The van der Waals surface area contributed by atoms with Crippen LogP contribution in [0.1, 0.15) is 0 Å². The van der Waals surface area contributed by atoms with E-state index in [1.54, 1.807) is 24.3 Å². The third-order valence-corrected chi connectivity index (χ3v) is 9.78. The minimum Gasteiger partial charge on any atom is -0.274 e. The number of hydrogen-bond acceptors (Lipinski definition) is 2. The van der Waals surface area contributed by atoms with E-state index in [0.717, 1.165) is 9.37 Å². The molecule has 4 atom stereocenters. The number of alkyl halides is 4. The van der Waals surface area contributed by atoms with E-state index in [0.29, 0.717) is 5.69 Å². The lowest BCUT2D eigenvalue weighted by Crippen LogP contribution is -2.50. The lowest BCUT2D eigenvalue weighted by molar-refractivity contribution is -0.123. The zero-order valence-corrected chi connectivity index (χ0v) is 18.0. The van der Waals surface area contributed by atoms with Gasteiger partial charge in [-0.1, -0.05) is 62.3 Å². The van der Waals surface area contributed by atoms with Crippen molar-refractivity contribution < 1.29 is 9.59 Å². The summed E-state index contributed by atoms with van der Waals surface area (Å²) in [7, 11) is 0. The fourth-order valence-electron chi connectivity index (χ4n) is 3.84. The van der Waals surface area contributed by atoms with Gasteiger partial charge in [0.1, 0.15) is 9.75 Å². The van der Waals surface area contributed by atoms with Crippen LogP contribution in [0.15, 0.2) is 38.8 Å². The maximum Gasteiger partial charge on any atom is 0.240 e. The molecule has 2 aliphatic carbocycles. The predicted molar refractivity (Wildman–Crippen MR) is 104 cm³/mol. The van der Waals surface area contributed by atoms with Gasteiger partial charge in [0.05, 0.1) is 27.6 Å². The van der Waals surface area contributed by atoms with Gasteiger partial charge in [-0.05, 0) is 24.3 Å². The minimum atomic E-state index is -1.91. The molecule has 3 aliphatic rings. The number of nitrogens with zero attached hydrogens (tertiary/aromatic N) is 1. The fraction of sp³-hybridized carbons (Fsp3) is 0.333. The van der Waals surface area contributed by atoms with E-state index in [-0.39, 0.29) is 10.1 Å². The van der Waals surface area contributed by atoms with E-state index in [2.05, 4.69) is 15.9 Å². The van der Waals surface area contributed by atoms with Crippen LogP contribution >= 0.6 is 85.5 Å². The highest BCUT2D eigenvalue weighted by Gasteiger charge is 2.87. The van der Waals surface area contributed by atoms with E-state index < -0.39 is 37.7 Å². The molecule has 1 aromatic rings. The van der Waals surface area contributed by atoms with Crippen LogP contribution in [0, 0.1) is 11.8 Å². The van der Waals surface area contributed by atoms with Crippen molar-refractivity contribution in [3.05, 3.63) is 38.8 Å². The van der Waals surface area contributed by atoms with Gasteiger partial charge in [-0.3, -0.25) is 9.59 Å². The predicted octanol–water partition coefficient (Wildman–Crippen LogP) is 5.40. The molecule has 2 fully saturated rings. The zero-order valence-electron chi connectivity index (χ0n) is 11.9. The van der Waals surface area contributed by atoms with Gasteiger partial charge in [-0.25, -0.2) is 4.90 Å². The van der Waals surface area contributed by atoms with Crippen molar-refractivity contribution in [1.82, 2.24) is 0 Å². The third-order valence-electron chi connectivity index (χ3n) is 4.99. The molecule has 1 saturated carbocycles. The summed E-state index contributed by atoms with van der Waals surface area (Å²) in [5.74, 6) is -3.37. The highest BCUT2D eigenvalue weighted by Crippen LogP contribution is 2.77. The molecule has 1 aliphatic heterocycles. The first-order valence-electron chi connectivity index (χ1n) is 6.96. The summed E-state index contributed by atoms with van der Waals surface area (Å²) in [5.41, 5.74) is 0.384. The summed E-state index contributed by atoms with van der Waals surface area (Å²) in [5, 5.41) is -0.202. The second-order valence-electron chi connectivity index (χ2n) is 6.07. The molecular formula is C15H6BrCl6NO2. The van der Waals surface area contributed by atoms with Gasteiger partial charge in [0.15, 0.2) is 4.33 Å². The molecule has 10 heteroatoms. The number of anilines is 1. The molecule has 1 aromatic carbocycles. The average molecular weight is 525 g/mol. The van der Waals surface area contributed by atoms with Gasteiger partial charge < -0.3 is 0 Å². The van der Waals surface area contributed by atoms with Gasteiger partial charge >= 0.3 is 0 Å². The molecule has 4 rings (SSSR count).